The second kappa shape index (κ2) is 3.55. The summed E-state index contributed by atoms with van der Waals surface area (Å²) in [7, 11) is 0. The van der Waals surface area contributed by atoms with E-state index in [1.165, 1.54) is 6.20 Å². The van der Waals surface area contributed by atoms with Crippen molar-refractivity contribution >= 4 is 12.2 Å². The summed E-state index contributed by atoms with van der Waals surface area (Å²) in [5.74, 6) is -1.03. The molecule has 0 bridgehead atoms. The SMILES string of the molecule is O=C(O)c1ncc2n1-c1ccccc1CN=C2. The van der Waals surface area contributed by atoms with Gasteiger partial charge in [-0.1, -0.05) is 18.2 Å². The number of aliphatic imine (C=N–C) groups is 1. The highest BCUT2D eigenvalue weighted by Gasteiger charge is 2.19. The molecule has 2 heterocycles. The van der Waals surface area contributed by atoms with E-state index >= 15 is 0 Å². The summed E-state index contributed by atoms with van der Waals surface area (Å²) < 4.78 is 1.62. The van der Waals surface area contributed by atoms with Gasteiger partial charge in [0.15, 0.2) is 0 Å². The summed E-state index contributed by atoms with van der Waals surface area (Å²) in [5.41, 5.74) is 2.50. The van der Waals surface area contributed by atoms with Gasteiger partial charge in [-0.15, -0.1) is 0 Å². The number of aromatic carboxylic acids is 1. The molecule has 0 spiro atoms. The average molecular weight is 227 g/mol. The minimum atomic E-state index is -1.04. The normalized spacial score (nSPS) is 12.7. The van der Waals surface area contributed by atoms with Crippen LogP contribution < -0.4 is 0 Å². The molecule has 0 atom stereocenters. The summed E-state index contributed by atoms with van der Waals surface area (Å²) in [4.78, 5) is 19.3. The maximum absolute atomic E-state index is 11.1. The molecule has 5 nitrogen and oxygen atoms in total. The van der Waals surface area contributed by atoms with E-state index in [4.69, 9.17) is 5.11 Å². The van der Waals surface area contributed by atoms with Crippen molar-refractivity contribution in [3.05, 3.63) is 47.5 Å². The summed E-state index contributed by atoms with van der Waals surface area (Å²) in [6.07, 6.45) is 3.18. The van der Waals surface area contributed by atoms with Gasteiger partial charge in [0.1, 0.15) is 0 Å². The number of carboxylic acids is 1. The van der Waals surface area contributed by atoms with Crippen molar-refractivity contribution in [1.29, 1.82) is 0 Å². The van der Waals surface area contributed by atoms with Crippen LogP contribution in [0.15, 0.2) is 35.5 Å². The number of carbonyl (C=O) groups is 1. The van der Waals surface area contributed by atoms with E-state index in [9.17, 15) is 4.79 Å². The number of hydrogen-bond donors (Lipinski definition) is 1. The lowest BCUT2D eigenvalue weighted by atomic mass is 10.2. The molecule has 84 valence electrons. The predicted octanol–water partition coefficient (Wildman–Crippen LogP) is 1.50. The minimum Gasteiger partial charge on any atom is -0.475 e. The molecule has 5 heteroatoms. The van der Waals surface area contributed by atoms with E-state index in [1.807, 2.05) is 24.3 Å². The van der Waals surface area contributed by atoms with Gasteiger partial charge < -0.3 is 5.11 Å². The van der Waals surface area contributed by atoms with Gasteiger partial charge in [-0.25, -0.2) is 9.78 Å². The highest BCUT2D eigenvalue weighted by molar-refractivity contribution is 5.88. The first kappa shape index (κ1) is 9.77. The van der Waals surface area contributed by atoms with Crippen LogP contribution in [0.2, 0.25) is 0 Å². The number of imidazole rings is 1. The Labute approximate surface area is 97.1 Å². The van der Waals surface area contributed by atoms with Crippen molar-refractivity contribution in [3.8, 4) is 5.69 Å². The van der Waals surface area contributed by atoms with Crippen LogP contribution in [0.25, 0.3) is 5.69 Å². The van der Waals surface area contributed by atoms with Crippen molar-refractivity contribution in [2.24, 2.45) is 4.99 Å². The smallest absolute Gasteiger partial charge is 0.372 e. The number of carboxylic acid groups (broad SMARTS) is 1. The van der Waals surface area contributed by atoms with E-state index in [1.54, 1.807) is 10.8 Å². The molecule has 3 rings (SSSR count). The molecule has 1 N–H and O–H groups in total. The van der Waals surface area contributed by atoms with Gasteiger partial charge in [-0.05, 0) is 11.6 Å². The van der Waals surface area contributed by atoms with Gasteiger partial charge >= 0.3 is 5.97 Å². The molecule has 0 saturated heterocycles. The third-order valence-corrected chi connectivity index (χ3v) is 2.70. The lowest BCUT2D eigenvalue weighted by Crippen LogP contribution is -2.10. The lowest BCUT2D eigenvalue weighted by Gasteiger charge is -2.09. The predicted molar refractivity (Wildman–Crippen MR) is 61.8 cm³/mol. The topological polar surface area (TPSA) is 67.5 Å². The standard InChI is InChI=1S/C12H9N3O2/c16-12(17)11-14-7-9-6-13-5-8-3-1-2-4-10(8)15(9)11/h1-4,6-7H,5H2,(H,16,17). The zero-order chi connectivity index (χ0) is 11.8. The van der Waals surface area contributed by atoms with Crippen LogP contribution in [0.5, 0.6) is 0 Å². The monoisotopic (exact) mass is 227 g/mol. The summed E-state index contributed by atoms with van der Waals surface area (Å²) in [6.45, 7) is 0.552. The maximum Gasteiger partial charge on any atom is 0.372 e. The highest BCUT2D eigenvalue weighted by atomic mass is 16.4. The molecule has 0 radical (unpaired) electrons. The quantitative estimate of drug-likeness (QED) is 0.802. The Morgan fingerprint density at radius 3 is 3.00 bits per heavy atom. The van der Waals surface area contributed by atoms with Crippen molar-refractivity contribution in [3.63, 3.8) is 0 Å². The van der Waals surface area contributed by atoms with Crippen LogP contribution in [0.1, 0.15) is 21.9 Å². The molecule has 2 aromatic rings. The molecule has 17 heavy (non-hydrogen) atoms. The summed E-state index contributed by atoms with van der Waals surface area (Å²) in [6, 6.07) is 7.60. The summed E-state index contributed by atoms with van der Waals surface area (Å²) >= 11 is 0. The number of nitrogens with zero attached hydrogens (tertiary/aromatic N) is 3. The van der Waals surface area contributed by atoms with Gasteiger partial charge in [0.25, 0.3) is 0 Å². The largest absolute Gasteiger partial charge is 0.475 e. The van der Waals surface area contributed by atoms with Gasteiger partial charge in [0.05, 0.1) is 24.1 Å². The molecule has 1 aliphatic rings. The van der Waals surface area contributed by atoms with Crippen molar-refractivity contribution in [2.75, 3.05) is 0 Å². The molecule has 0 saturated carbocycles. The van der Waals surface area contributed by atoms with Gasteiger partial charge in [0.2, 0.25) is 5.82 Å². The van der Waals surface area contributed by atoms with Crippen molar-refractivity contribution < 1.29 is 9.90 Å². The van der Waals surface area contributed by atoms with Gasteiger partial charge in [0, 0.05) is 6.21 Å². The molecule has 0 amide bonds. The molecular weight excluding hydrogens is 218 g/mol. The van der Waals surface area contributed by atoms with Gasteiger partial charge in [-0.2, -0.15) is 0 Å². The summed E-state index contributed by atoms with van der Waals surface area (Å²) in [5, 5.41) is 9.12. The van der Waals surface area contributed by atoms with Crippen molar-refractivity contribution in [1.82, 2.24) is 9.55 Å². The Morgan fingerprint density at radius 2 is 2.18 bits per heavy atom. The van der Waals surface area contributed by atoms with Crippen LogP contribution in [0.4, 0.5) is 0 Å². The number of aromatic nitrogens is 2. The number of rotatable bonds is 1. The molecule has 1 aromatic heterocycles. The van der Waals surface area contributed by atoms with Crippen molar-refractivity contribution in [2.45, 2.75) is 6.54 Å². The highest BCUT2D eigenvalue weighted by Crippen LogP contribution is 2.21. The van der Waals surface area contributed by atoms with E-state index in [0.29, 0.717) is 12.2 Å². The van der Waals surface area contributed by atoms with Crippen LogP contribution in [-0.2, 0) is 6.54 Å². The Hall–Kier alpha value is -2.43. The Kier molecular flexibility index (Phi) is 2.04. The molecule has 0 aliphatic carbocycles. The molecule has 0 fully saturated rings. The van der Waals surface area contributed by atoms with E-state index < -0.39 is 5.97 Å². The van der Waals surface area contributed by atoms with Crippen LogP contribution in [0, 0.1) is 0 Å². The minimum absolute atomic E-state index is 0.0146. The number of para-hydroxylation sites is 1. The first-order valence-electron chi connectivity index (χ1n) is 5.16. The van der Waals surface area contributed by atoms with E-state index in [2.05, 4.69) is 9.98 Å². The first-order valence-corrected chi connectivity index (χ1v) is 5.16. The Morgan fingerprint density at radius 1 is 1.35 bits per heavy atom. The fraction of sp³-hybridized carbons (Fsp3) is 0.0833. The average Bonchev–Trinajstić information content (AvgIpc) is 2.66. The maximum atomic E-state index is 11.1. The first-order chi connectivity index (χ1) is 8.27. The Bertz CT molecular complexity index is 628. The van der Waals surface area contributed by atoms with E-state index in [-0.39, 0.29) is 5.82 Å². The molecular formula is C12H9N3O2. The fourth-order valence-electron chi connectivity index (χ4n) is 1.96. The van der Waals surface area contributed by atoms with Gasteiger partial charge in [-0.3, -0.25) is 9.56 Å². The third-order valence-electron chi connectivity index (χ3n) is 2.70. The second-order valence-corrected chi connectivity index (χ2v) is 3.75. The number of fused-ring (bicyclic) bond motifs is 3. The molecule has 0 unspecified atom stereocenters. The second-order valence-electron chi connectivity index (χ2n) is 3.75. The fourth-order valence-corrected chi connectivity index (χ4v) is 1.96. The van der Waals surface area contributed by atoms with Crippen LogP contribution >= 0.6 is 0 Å². The number of hydrogen-bond acceptors (Lipinski definition) is 3. The lowest BCUT2D eigenvalue weighted by molar-refractivity contribution is 0.0681. The number of benzene rings is 1. The molecule has 1 aromatic carbocycles. The third kappa shape index (κ3) is 1.44. The van der Waals surface area contributed by atoms with E-state index in [0.717, 1.165) is 11.3 Å². The van der Waals surface area contributed by atoms with Crippen LogP contribution in [-0.4, -0.2) is 26.8 Å². The Balaban J connectivity index is 2.34. The zero-order valence-electron chi connectivity index (χ0n) is 8.87. The zero-order valence-corrected chi connectivity index (χ0v) is 8.87. The molecule has 1 aliphatic heterocycles. The van der Waals surface area contributed by atoms with Crippen LogP contribution in [0.3, 0.4) is 0 Å².